The molecular weight excluding hydrogens is 198 g/mol. The summed E-state index contributed by atoms with van der Waals surface area (Å²) >= 11 is 0. The first-order valence-corrected chi connectivity index (χ1v) is 7.26. The van der Waals surface area contributed by atoms with Crippen LogP contribution in [-0.4, -0.2) is 33.5 Å². The SMILES string of the molecule is CCS(=O)(=O)CCC1CCC1CNC. The van der Waals surface area contributed by atoms with Gasteiger partial charge in [0.05, 0.1) is 5.75 Å². The lowest BCUT2D eigenvalue weighted by Gasteiger charge is -2.36. The lowest BCUT2D eigenvalue weighted by atomic mass is 9.72. The molecular formula is C10H21NO2S. The quantitative estimate of drug-likeness (QED) is 0.726. The normalized spacial score (nSPS) is 27.3. The van der Waals surface area contributed by atoms with Gasteiger partial charge in [0.1, 0.15) is 9.84 Å². The van der Waals surface area contributed by atoms with Crippen LogP contribution in [0.15, 0.2) is 0 Å². The van der Waals surface area contributed by atoms with Crippen molar-refractivity contribution in [2.45, 2.75) is 26.2 Å². The Labute approximate surface area is 87.2 Å². The highest BCUT2D eigenvalue weighted by Crippen LogP contribution is 2.36. The first kappa shape index (κ1) is 12.0. The van der Waals surface area contributed by atoms with Crippen molar-refractivity contribution in [3.8, 4) is 0 Å². The molecule has 0 heterocycles. The molecule has 3 nitrogen and oxygen atoms in total. The van der Waals surface area contributed by atoms with E-state index in [1.165, 1.54) is 12.8 Å². The van der Waals surface area contributed by atoms with Crippen LogP contribution in [0.2, 0.25) is 0 Å². The minimum Gasteiger partial charge on any atom is -0.319 e. The molecule has 1 aliphatic rings. The molecule has 0 spiro atoms. The second-order valence-corrected chi connectivity index (χ2v) is 6.65. The third kappa shape index (κ3) is 3.24. The summed E-state index contributed by atoms with van der Waals surface area (Å²) in [6.07, 6.45) is 3.34. The van der Waals surface area contributed by atoms with Crippen molar-refractivity contribution in [2.75, 3.05) is 25.1 Å². The molecule has 2 unspecified atom stereocenters. The minimum atomic E-state index is -2.75. The van der Waals surface area contributed by atoms with Crippen LogP contribution in [0.1, 0.15) is 26.2 Å². The van der Waals surface area contributed by atoms with E-state index in [1.807, 2.05) is 7.05 Å². The Kier molecular flexibility index (Phi) is 4.38. The van der Waals surface area contributed by atoms with Crippen LogP contribution >= 0.6 is 0 Å². The molecule has 0 aromatic carbocycles. The molecule has 1 saturated carbocycles. The zero-order chi connectivity index (χ0) is 10.6. The van der Waals surface area contributed by atoms with Crippen LogP contribution in [0.4, 0.5) is 0 Å². The summed E-state index contributed by atoms with van der Waals surface area (Å²) in [6.45, 7) is 2.76. The smallest absolute Gasteiger partial charge is 0.150 e. The zero-order valence-corrected chi connectivity index (χ0v) is 9.94. The zero-order valence-electron chi connectivity index (χ0n) is 9.12. The molecule has 0 aliphatic heterocycles. The van der Waals surface area contributed by atoms with E-state index in [9.17, 15) is 8.42 Å². The molecule has 0 bridgehead atoms. The van der Waals surface area contributed by atoms with Gasteiger partial charge in [0.15, 0.2) is 0 Å². The van der Waals surface area contributed by atoms with Gasteiger partial charge in [0, 0.05) is 5.75 Å². The maximum Gasteiger partial charge on any atom is 0.150 e. The summed E-state index contributed by atoms with van der Waals surface area (Å²) in [5.74, 6) is 2.03. The maximum absolute atomic E-state index is 11.3. The average molecular weight is 219 g/mol. The molecule has 84 valence electrons. The van der Waals surface area contributed by atoms with Gasteiger partial charge in [-0.25, -0.2) is 8.42 Å². The van der Waals surface area contributed by atoms with E-state index in [2.05, 4.69) is 5.32 Å². The van der Waals surface area contributed by atoms with Gasteiger partial charge in [0.25, 0.3) is 0 Å². The van der Waals surface area contributed by atoms with E-state index < -0.39 is 9.84 Å². The van der Waals surface area contributed by atoms with Crippen molar-refractivity contribution in [3.05, 3.63) is 0 Å². The molecule has 0 radical (unpaired) electrons. The van der Waals surface area contributed by atoms with E-state index in [1.54, 1.807) is 6.92 Å². The Hall–Kier alpha value is -0.0900. The molecule has 0 amide bonds. The number of sulfone groups is 1. The number of nitrogens with one attached hydrogen (secondary N) is 1. The summed E-state index contributed by atoms with van der Waals surface area (Å²) in [5, 5.41) is 3.16. The Morgan fingerprint density at radius 3 is 2.36 bits per heavy atom. The van der Waals surface area contributed by atoms with Gasteiger partial charge in [-0.3, -0.25) is 0 Å². The molecule has 0 saturated heterocycles. The van der Waals surface area contributed by atoms with Crippen LogP contribution in [0, 0.1) is 11.8 Å². The molecule has 1 N–H and O–H groups in total. The van der Waals surface area contributed by atoms with E-state index in [0.29, 0.717) is 17.6 Å². The molecule has 1 rings (SSSR count). The second-order valence-electron chi connectivity index (χ2n) is 4.18. The van der Waals surface area contributed by atoms with Crippen LogP contribution in [0.25, 0.3) is 0 Å². The van der Waals surface area contributed by atoms with Gasteiger partial charge in [-0.1, -0.05) is 6.92 Å². The highest BCUT2D eigenvalue weighted by molar-refractivity contribution is 7.91. The number of hydrogen-bond donors (Lipinski definition) is 1. The summed E-state index contributed by atoms with van der Waals surface area (Å²) in [4.78, 5) is 0. The molecule has 2 atom stereocenters. The van der Waals surface area contributed by atoms with E-state index in [4.69, 9.17) is 0 Å². The highest BCUT2D eigenvalue weighted by Gasteiger charge is 2.30. The van der Waals surface area contributed by atoms with Gasteiger partial charge in [-0.05, 0) is 44.7 Å². The molecule has 0 aromatic heterocycles. The van der Waals surface area contributed by atoms with Crippen molar-refractivity contribution in [1.29, 1.82) is 0 Å². The standard InChI is InChI=1S/C10H21NO2S/c1-3-14(12,13)7-6-9-4-5-10(9)8-11-2/h9-11H,3-8H2,1-2H3. The molecule has 0 aromatic rings. The minimum absolute atomic E-state index is 0.288. The largest absolute Gasteiger partial charge is 0.319 e. The summed E-state index contributed by atoms with van der Waals surface area (Å²) in [7, 11) is -0.793. The van der Waals surface area contributed by atoms with Crippen molar-refractivity contribution < 1.29 is 8.42 Å². The summed E-state index contributed by atoms with van der Waals surface area (Å²) < 4.78 is 22.6. The van der Waals surface area contributed by atoms with E-state index >= 15 is 0 Å². The Morgan fingerprint density at radius 1 is 1.29 bits per heavy atom. The summed E-state index contributed by atoms with van der Waals surface area (Å²) in [5.41, 5.74) is 0. The first-order valence-electron chi connectivity index (χ1n) is 5.44. The van der Waals surface area contributed by atoms with Gasteiger partial charge in [0.2, 0.25) is 0 Å². The fraction of sp³-hybridized carbons (Fsp3) is 1.00. The number of hydrogen-bond acceptors (Lipinski definition) is 3. The van der Waals surface area contributed by atoms with Crippen LogP contribution in [0.5, 0.6) is 0 Å². The highest BCUT2D eigenvalue weighted by atomic mass is 32.2. The monoisotopic (exact) mass is 219 g/mol. The molecule has 14 heavy (non-hydrogen) atoms. The second kappa shape index (κ2) is 5.12. The Morgan fingerprint density at radius 2 is 1.93 bits per heavy atom. The molecule has 1 aliphatic carbocycles. The van der Waals surface area contributed by atoms with Crippen LogP contribution in [0.3, 0.4) is 0 Å². The van der Waals surface area contributed by atoms with Crippen molar-refractivity contribution in [2.24, 2.45) is 11.8 Å². The van der Waals surface area contributed by atoms with Gasteiger partial charge < -0.3 is 5.32 Å². The van der Waals surface area contributed by atoms with Gasteiger partial charge in [-0.2, -0.15) is 0 Å². The Balaban J connectivity index is 2.26. The Bertz CT molecular complexity index is 261. The van der Waals surface area contributed by atoms with Crippen molar-refractivity contribution in [1.82, 2.24) is 5.32 Å². The third-order valence-corrected chi connectivity index (χ3v) is 5.02. The third-order valence-electron chi connectivity index (χ3n) is 3.28. The first-order chi connectivity index (χ1) is 6.59. The molecule has 1 fully saturated rings. The van der Waals surface area contributed by atoms with Crippen molar-refractivity contribution in [3.63, 3.8) is 0 Å². The van der Waals surface area contributed by atoms with Crippen molar-refractivity contribution >= 4 is 9.84 Å². The predicted octanol–water partition coefficient (Wildman–Crippen LogP) is 1.06. The van der Waals surface area contributed by atoms with Crippen LogP contribution < -0.4 is 5.32 Å². The fourth-order valence-corrected chi connectivity index (χ4v) is 2.97. The lowest BCUT2D eigenvalue weighted by molar-refractivity contribution is 0.170. The van der Waals surface area contributed by atoms with Gasteiger partial charge in [-0.15, -0.1) is 0 Å². The van der Waals surface area contributed by atoms with E-state index in [0.717, 1.165) is 13.0 Å². The number of rotatable bonds is 6. The summed E-state index contributed by atoms with van der Waals surface area (Å²) in [6, 6.07) is 0. The molecule has 4 heteroatoms. The fourth-order valence-electron chi connectivity index (χ4n) is 2.02. The van der Waals surface area contributed by atoms with Crippen LogP contribution in [-0.2, 0) is 9.84 Å². The predicted molar refractivity (Wildman–Crippen MR) is 59.1 cm³/mol. The average Bonchev–Trinajstić information content (AvgIpc) is 2.12. The lowest BCUT2D eigenvalue weighted by Crippen LogP contribution is -2.35. The van der Waals surface area contributed by atoms with Gasteiger partial charge >= 0.3 is 0 Å². The topological polar surface area (TPSA) is 46.2 Å². The maximum atomic E-state index is 11.3. The van der Waals surface area contributed by atoms with E-state index in [-0.39, 0.29) is 5.75 Å².